The molecule has 1 saturated heterocycles. The first-order valence-electron chi connectivity index (χ1n) is 9.23. The summed E-state index contributed by atoms with van der Waals surface area (Å²) in [5.74, 6) is -0.0355. The molecule has 138 valence electrons. The van der Waals surface area contributed by atoms with E-state index in [0.29, 0.717) is 0 Å². The summed E-state index contributed by atoms with van der Waals surface area (Å²) >= 11 is 1.63. The van der Waals surface area contributed by atoms with E-state index < -0.39 is 0 Å². The van der Waals surface area contributed by atoms with Crippen molar-refractivity contribution < 1.29 is 4.79 Å². The van der Waals surface area contributed by atoms with Crippen molar-refractivity contribution in [3.63, 3.8) is 0 Å². The standard InChI is InChI=1S/C21H27N3OS/c1-16(21(25)23-19-8-4-5-9-20(19)26-2)22-17-10-12-18(13-11-17)24-14-6-3-7-15-24/h4-5,8-13,16,22H,3,6-7,14-15H2,1-2H3,(H,23,25). The monoisotopic (exact) mass is 369 g/mol. The molecule has 1 heterocycles. The Morgan fingerprint density at radius 2 is 1.73 bits per heavy atom. The largest absolute Gasteiger partial charge is 0.374 e. The van der Waals surface area contributed by atoms with Gasteiger partial charge in [0.15, 0.2) is 0 Å². The molecule has 0 saturated carbocycles. The number of anilines is 3. The van der Waals surface area contributed by atoms with Crippen LogP contribution in [0.3, 0.4) is 0 Å². The number of piperidine rings is 1. The first-order valence-corrected chi connectivity index (χ1v) is 10.5. The fourth-order valence-electron chi connectivity index (χ4n) is 3.23. The van der Waals surface area contributed by atoms with Crippen LogP contribution in [-0.2, 0) is 4.79 Å². The Hall–Kier alpha value is -2.14. The predicted octanol–water partition coefficient (Wildman–Crippen LogP) is 4.84. The normalized spacial score (nSPS) is 15.4. The van der Waals surface area contributed by atoms with E-state index in [1.54, 1.807) is 11.8 Å². The van der Waals surface area contributed by atoms with Crippen LogP contribution in [0.25, 0.3) is 0 Å². The van der Waals surface area contributed by atoms with E-state index in [2.05, 4.69) is 39.8 Å². The number of thioether (sulfide) groups is 1. The highest BCUT2D eigenvalue weighted by Gasteiger charge is 2.15. The van der Waals surface area contributed by atoms with Gasteiger partial charge in [-0.2, -0.15) is 0 Å². The Labute approximate surface area is 160 Å². The Morgan fingerprint density at radius 1 is 1.04 bits per heavy atom. The van der Waals surface area contributed by atoms with Crippen molar-refractivity contribution in [2.45, 2.75) is 37.1 Å². The second-order valence-electron chi connectivity index (χ2n) is 6.65. The number of amides is 1. The third-order valence-electron chi connectivity index (χ3n) is 4.73. The molecule has 1 fully saturated rings. The maximum Gasteiger partial charge on any atom is 0.246 e. The van der Waals surface area contributed by atoms with Gasteiger partial charge in [0.05, 0.1) is 5.69 Å². The second-order valence-corrected chi connectivity index (χ2v) is 7.50. The second kappa shape index (κ2) is 8.99. The van der Waals surface area contributed by atoms with Gasteiger partial charge in [-0.05, 0) is 68.8 Å². The molecular weight excluding hydrogens is 342 g/mol. The lowest BCUT2D eigenvalue weighted by Gasteiger charge is -2.29. The number of rotatable bonds is 6. The molecule has 2 N–H and O–H groups in total. The molecule has 2 aromatic carbocycles. The maximum absolute atomic E-state index is 12.5. The van der Waals surface area contributed by atoms with Gasteiger partial charge in [0.2, 0.25) is 5.91 Å². The average molecular weight is 370 g/mol. The minimum absolute atomic E-state index is 0.0355. The lowest BCUT2D eigenvalue weighted by Crippen LogP contribution is -2.32. The summed E-state index contributed by atoms with van der Waals surface area (Å²) in [6, 6.07) is 15.9. The molecule has 5 heteroatoms. The van der Waals surface area contributed by atoms with Crippen molar-refractivity contribution in [1.82, 2.24) is 0 Å². The van der Waals surface area contributed by atoms with Crippen molar-refractivity contribution in [2.75, 3.05) is 34.9 Å². The third kappa shape index (κ3) is 4.73. The van der Waals surface area contributed by atoms with Crippen molar-refractivity contribution in [2.24, 2.45) is 0 Å². The highest BCUT2D eigenvalue weighted by atomic mass is 32.2. The van der Waals surface area contributed by atoms with Crippen LogP contribution in [-0.4, -0.2) is 31.3 Å². The molecule has 0 radical (unpaired) electrons. The summed E-state index contributed by atoms with van der Waals surface area (Å²) in [5, 5.41) is 6.31. The van der Waals surface area contributed by atoms with E-state index in [4.69, 9.17) is 0 Å². The Morgan fingerprint density at radius 3 is 2.42 bits per heavy atom. The van der Waals surface area contributed by atoms with E-state index in [1.807, 2.05) is 37.4 Å². The molecule has 2 aromatic rings. The van der Waals surface area contributed by atoms with Crippen LogP contribution in [0.5, 0.6) is 0 Å². The molecule has 0 spiro atoms. The number of hydrogen-bond donors (Lipinski definition) is 2. The Balaban J connectivity index is 1.58. The van der Waals surface area contributed by atoms with Gasteiger partial charge in [-0.1, -0.05) is 12.1 Å². The first-order chi connectivity index (χ1) is 12.7. The predicted molar refractivity (Wildman–Crippen MR) is 112 cm³/mol. The fraction of sp³-hybridized carbons (Fsp3) is 0.381. The zero-order valence-electron chi connectivity index (χ0n) is 15.5. The molecule has 0 aliphatic carbocycles. The van der Waals surface area contributed by atoms with Gasteiger partial charge in [0.25, 0.3) is 0 Å². The van der Waals surface area contributed by atoms with Crippen molar-refractivity contribution in [3.8, 4) is 0 Å². The summed E-state index contributed by atoms with van der Waals surface area (Å²) in [6.07, 6.45) is 5.89. The van der Waals surface area contributed by atoms with Gasteiger partial charge in [0, 0.05) is 29.4 Å². The molecule has 0 bridgehead atoms. The molecule has 1 atom stereocenters. The number of carbonyl (C=O) groups excluding carboxylic acids is 1. The highest BCUT2D eigenvalue weighted by Crippen LogP contribution is 2.25. The van der Waals surface area contributed by atoms with Crippen LogP contribution in [0, 0.1) is 0 Å². The molecular formula is C21H27N3OS. The van der Waals surface area contributed by atoms with E-state index >= 15 is 0 Å². The Bertz CT molecular complexity index is 726. The smallest absolute Gasteiger partial charge is 0.246 e. The average Bonchev–Trinajstić information content (AvgIpc) is 2.69. The third-order valence-corrected chi connectivity index (χ3v) is 5.53. The fourth-order valence-corrected chi connectivity index (χ4v) is 3.78. The lowest BCUT2D eigenvalue weighted by molar-refractivity contribution is -0.116. The molecule has 1 unspecified atom stereocenters. The summed E-state index contributed by atoms with van der Waals surface area (Å²) in [4.78, 5) is 16.0. The minimum Gasteiger partial charge on any atom is -0.374 e. The van der Waals surface area contributed by atoms with Crippen LogP contribution in [0.15, 0.2) is 53.4 Å². The van der Waals surface area contributed by atoms with Crippen molar-refractivity contribution in [3.05, 3.63) is 48.5 Å². The van der Waals surface area contributed by atoms with Crippen LogP contribution in [0.1, 0.15) is 26.2 Å². The highest BCUT2D eigenvalue weighted by molar-refractivity contribution is 7.98. The summed E-state index contributed by atoms with van der Waals surface area (Å²) < 4.78 is 0. The van der Waals surface area contributed by atoms with Gasteiger partial charge in [-0.25, -0.2) is 0 Å². The molecule has 4 nitrogen and oxygen atoms in total. The van der Waals surface area contributed by atoms with E-state index in [0.717, 1.165) is 29.4 Å². The summed E-state index contributed by atoms with van der Waals surface area (Å²) in [5.41, 5.74) is 3.09. The molecule has 26 heavy (non-hydrogen) atoms. The Kier molecular flexibility index (Phi) is 6.45. The zero-order chi connectivity index (χ0) is 18.4. The minimum atomic E-state index is -0.314. The van der Waals surface area contributed by atoms with Crippen LogP contribution in [0.2, 0.25) is 0 Å². The van der Waals surface area contributed by atoms with E-state index in [9.17, 15) is 4.79 Å². The molecule has 1 amide bonds. The van der Waals surface area contributed by atoms with Crippen LogP contribution < -0.4 is 15.5 Å². The topological polar surface area (TPSA) is 44.4 Å². The molecule has 1 aliphatic rings. The number of nitrogens with zero attached hydrogens (tertiary/aromatic N) is 1. The van der Waals surface area contributed by atoms with Gasteiger partial charge < -0.3 is 15.5 Å². The maximum atomic E-state index is 12.5. The number of benzene rings is 2. The quantitative estimate of drug-likeness (QED) is 0.715. The van der Waals surface area contributed by atoms with Gasteiger partial charge in [-0.3, -0.25) is 4.79 Å². The van der Waals surface area contributed by atoms with Crippen LogP contribution >= 0.6 is 11.8 Å². The number of carbonyl (C=O) groups is 1. The van der Waals surface area contributed by atoms with E-state index in [1.165, 1.54) is 24.9 Å². The van der Waals surface area contributed by atoms with Gasteiger partial charge >= 0.3 is 0 Å². The van der Waals surface area contributed by atoms with Gasteiger partial charge in [0.1, 0.15) is 6.04 Å². The number of para-hydroxylation sites is 1. The molecule has 3 rings (SSSR count). The van der Waals surface area contributed by atoms with E-state index in [-0.39, 0.29) is 11.9 Å². The number of hydrogen-bond acceptors (Lipinski definition) is 4. The van der Waals surface area contributed by atoms with Crippen molar-refractivity contribution in [1.29, 1.82) is 0 Å². The van der Waals surface area contributed by atoms with Gasteiger partial charge in [-0.15, -0.1) is 11.8 Å². The summed E-state index contributed by atoms with van der Waals surface area (Å²) in [6.45, 7) is 4.16. The first kappa shape index (κ1) is 18.6. The van der Waals surface area contributed by atoms with Crippen molar-refractivity contribution >= 4 is 34.7 Å². The van der Waals surface area contributed by atoms with Crippen LogP contribution in [0.4, 0.5) is 17.1 Å². The number of nitrogens with one attached hydrogen (secondary N) is 2. The molecule has 1 aliphatic heterocycles. The molecule has 0 aromatic heterocycles. The zero-order valence-corrected chi connectivity index (χ0v) is 16.3. The SMILES string of the molecule is CSc1ccccc1NC(=O)C(C)Nc1ccc(N2CCCCC2)cc1. The lowest BCUT2D eigenvalue weighted by atomic mass is 10.1. The summed E-state index contributed by atoms with van der Waals surface area (Å²) in [7, 11) is 0.